The van der Waals surface area contributed by atoms with Gasteiger partial charge in [-0.15, -0.1) is 10.2 Å². The summed E-state index contributed by atoms with van der Waals surface area (Å²) >= 11 is 0. The Kier molecular flexibility index (Phi) is 6.04. The van der Waals surface area contributed by atoms with Crippen LogP contribution >= 0.6 is 0 Å². The zero-order chi connectivity index (χ0) is 27.5. The van der Waals surface area contributed by atoms with E-state index in [4.69, 9.17) is 14.9 Å². The minimum Gasteiger partial charge on any atom is -0.496 e. The molecule has 0 saturated carbocycles. The van der Waals surface area contributed by atoms with Gasteiger partial charge in [-0.1, -0.05) is 18.2 Å². The fourth-order valence-corrected chi connectivity index (χ4v) is 4.81. The lowest BCUT2D eigenvalue weighted by molar-refractivity contribution is -0.256. The number of nitrogens with zero attached hydrogens (tertiary/aromatic N) is 4. The number of aliphatic hydroxyl groups is 1. The van der Waals surface area contributed by atoms with Crippen molar-refractivity contribution in [1.82, 2.24) is 15.2 Å². The molecule has 6 bridgehead atoms. The first-order valence-corrected chi connectivity index (χ1v) is 11.5. The van der Waals surface area contributed by atoms with E-state index >= 15 is 0 Å². The highest BCUT2D eigenvalue weighted by Crippen LogP contribution is 2.48. The van der Waals surface area contributed by atoms with Crippen LogP contribution in [0.3, 0.4) is 0 Å². The number of ether oxygens (including phenoxy) is 1. The lowest BCUT2D eigenvalue weighted by Gasteiger charge is -2.29. The number of halogens is 6. The van der Waals surface area contributed by atoms with Crippen LogP contribution in [0.25, 0.3) is 17.7 Å². The Morgan fingerprint density at radius 2 is 1.92 bits per heavy atom. The van der Waals surface area contributed by atoms with Crippen molar-refractivity contribution in [3.63, 3.8) is 0 Å². The first-order valence-electron chi connectivity index (χ1n) is 11.5. The van der Waals surface area contributed by atoms with Gasteiger partial charge in [0.25, 0.3) is 17.4 Å². The van der Waals surface area contributed by atoms with E-state index in [-0.39, 0.29) is 30.3 Å². The van der Waals surface area contributed by atoms with Crippen molar-refractivity contribution in [3.05, 3.63) is 52.9 Å². The quantitative estimate of drug-likeness (QED) is 0.418. The molecular formula is C24H21F6N5O3. The predicted octanol–water partition coefficient (Wildman–Crippen LogP) is 4.93. The van der Waals surface area contributed by atoms with Gasteiger partial charge in [-0.05, 0) is 43.0 Å². The molecular weight excluding hydrogens is 520 g/mol. The van der Waals surface area contributed by atoms with Crippen molar-refractivity contribution in [2.45, 2.75) is 43.3 Å². The second-order valence-electron chi connectivity index (χ2n) is 9.00. The molecule has 1 fully saturated rings. The molecule has 0 amide bonds. The molecule has 4 heterocycles. The number of alkyl halides is 6. The average Bonchev–Trinajstić information content (AvgIpc) is 3.52. The van der Waals surface area contributed by atoms with Crippen LogP contribution < -0.4 is 15.4 Å². The largest absolute Gasteiger partial charge is 0.496 e. The molecule has 1 aromatic carbocycles. The molecule has 14 heteroatoms. The number of methoxy groups -OCH3 is 1. The van der Waals surface area contributed by atoms with Crippen molar-refractivity contribution in [2.75, 3.05) is 24.3 Å². The molecule has 3 N–H and O–H groups in total. The van der Waals surface area contributed by atoms with Crippen LogP contribution in [0.4, 0.5) is 37.8 Å². The summed E-state index contributed by atoms with van der Waals surface area (Å²) in [5.74, 6) is -2.71. The monoisotopic (exact) mass is 541 g/mol. The third kappa shape index (κ3) is 4.12. The number of nitrogens with two attached hydrogens (primary N) is 1. The Morgan fingerprint density at radius 1 is 1.16 bits per heavy atom. The standard InChI is InChI=1S/C24H21F6N5O3/c1-37-17-8-7-12-4-2-5-13-6-3-9-35(13)19-15(23(25,26)27)11-16(31)18(32-19)20-33-34-21(38-20)22(36,14(17)10-12)24(28,29)30/h2,4,7-8,10-11,13,36H,3,5-6,9,31H2,1H3/t13-,22?/m1/s1. The van der Waals surface area contributed by atoms with Crippen LogP contribution in [0.1, 0.15) is 41.8 Å². The predicted molar refractivity (Wildman–Crippen MR) is 123 cm³/mol. The molecule has 2 aliphatic heterocycles. The number of rotatable bonds is 1. The Hall–Kier alpha value is -3.81. The van der Waals surface area contributed by atoms with Gasteiger partial charge in [-0.2, -0.15) is 26.3 Å². The van der Waals surface area contributed by atoms with E-state index in [9.17, 15) is 31.4 Å². The van der Waals surface area contributed by atoms with Gasteiger partial charge in [-0.25, -0.2) is 4.98 Å². The fourth-order valence-electron chi connectivity index (χ4n) is 4.81. The second kappa shape index (κ2) is 8.89. The van der Waals surface area contributed by atoms with Crippen molar-refractivity contribution < 1.29 is 40.6 Å². The Balaban J connectivity index is 1.81. The van der Waals surface area contributed by atoms with Gasteiger partial charge in [0.05, 0.1) is 12.8 Å². The van der Waals surface area contributed by atoms with Gasteiger partial charge in [0, 0.05) is 18.2 Å². The summed E-state index contributed by atoms with van der Waals surface area (Å²) in [5, 5.41) is 18.1. The summed E-state index contributed by atoms with van der Waals surface area (Å²) in [5.41, 5.74) is -0.468. The maximum Gasteiger partial charge on any atom is 0.430 e. The van der Waals surface area contributed by atoms with Gasteiger partial charge in [-0.3, -0.25) is 0 Å². The van der Waals surface area contributed by atoms with Crippen molar-refractivity contribution in [2.24, 2.45) is 0 Å². The van der Waals surface area contributed by atoms with E-state index < -0.39 is 58.1 Å². The zero-order valence-electron chi connectivity index (χ0n) is 19.8. The molecule has 2 atom stereocenters. The summed E-state index contributed by atoms with van der Waals surface area (Å²) in [6.07, 6.45) is -5.56. The third-order valence-corrected chi connectivity index (χ3v) is 6.67. The van der Waals surface area contributed by atoms with E-state index in [0.717, 1.165) is 13.2 Å². The minimum atomic E-state index is -5.37. The highest BCUT2D eigenvalue weighted by atomic mass is 19.4. The number of fused-ring (bicyclic) bond motifs is 9. The lowest BCUT2D eigenvalue weighted by atomic mass is 9.90. The number of pyridine rings is 1. The molecule has 2 aromatic heterocycles. The van der Waals surface area contributed by atoms with E-state index in [2.05, 4.69) is 15.2 Å². The van der Waals surface area contributed by atoms with Crippen LogP contribution in [-0.4, -0.2) is 46.2 Å². The molecule has 1 saturated heterocycles. The van der Waals surface area contributed by atoms with Crippen molar-refractivity contribution >= 4 is 17.6 Å². The van der Waals surface area contributed by atoms with Crippen LogP contribution in [0.2, 0.25) is 0 Å². The van der Waals surface area contributed by atoms with Gasteiger partial charge in [0.15, 0.2) is 5.69 Å². The Bertz CT molecular complexity index is 1400. The highest BCUT2D eigenvalue weighted by molar-refractivity contribution is 5.72. The third-order valence-electron chi connectivity index (χ3n) is 6.67. The SMILES string of the molecule is COc1ccc2cc1C(O)(C(F)(F)F)c1nnc(o1)-c1nc(c(C(F)(F)F)cc1N)N1CCC[C@H]1CC=C2. The highest BCUT2D eigenvalue weighted by Gasteiger charge is 2.62. The van der Waals surface area contributed by atoms with Crippen molar-refractivity contribution in [1.29, 1.82) is 0 Å². The Labute approximate surface area is 211 Å². The maximum atomic E-state index is 14.5. The molecule has 8 nitrogen and oxygen atoms in total. The molecule has 38 heavy (non-hydrogen) atoms. The summed E-state index contributed by atoms with van der Waals surface area (Å²) in [6.45, 7) is 0.271. The molecule has 3 aromatic rings. The molecule has 0 spiro atoms. The number of hydrogen-bond acceptors (Lipinski definition) is 8. The lowest BCUT2D eigenvalue weighted by Crippen LogP contribution is -2.44. The number of aromatic nitrogens is 3. The van der Waals surface area contributed by atoms with Gasteiger partial charge >= 0.3 is 12.4 Å². The molecule has 0 aliphatic carbocycles. The van der Waals surface area contributed by atoms with Crippen LogP contribution in [0, 0.1) is 0 Å². The van der Waals surface area contributed by atoms with E-state index in [0.29, 0.717) is 18.9 Å². The number of anilines is 2. The first kappa shape index (κ1) is 25.8. The van der Waals surface area contributed by atoms with E-state index in [1.54, 1.807) is 6.08 Å². The minimum absolute atomic E-state index is 0.271. The molecule has 5 rings (SSSR count). The van der Waals surface area contributed by atoms with Crippen molar-refractivity contribution in [3.8, 4) is 17.3 Å². The number of benzene rings is 1. The zero-order valence-corrected chi connectivity index (χ0v) is 19.8. The molecule has 1 unspecified atom stereocenters. The summed E-state index contributed by atoms with van der Waals surface area (Å²) < 4.78 is 95.7. The first-order chi connectivity index (χ1) is 17.8. The summed E-state index contributed by atoms with van der Waals surface area (Å²) in [6, 6.07) is 4.08. The average molecular weight is 541 g/mol. The molecule has 2 aliphatic rings. The van der Waals surface area contributed by atoms with E-state index in [1.165, 1.54) is 23.1 Å². The van der Waals surface area contributed by atoms with Crippen LogP contribution in [0.5, 0.6) is 5.75 Å². The fraction of sp³-hybridized carbons (Fsp3) is 0.375. The van der Waals surface area contributed by atoms with Crippen LogP contribution in [-0.2, 0) is 11.8 Å². The Morgan fingerprint density at radius 3 is 2.61 bits per heavy atom. The normalized spacial score (nSPS) is 21.6. The van der Waals surface area contributed by atoms with E-state index in [1.807, 2.05) is 0 Å². The second-order valence-corrected chi connectivity index (χ2v) is 9.00. The van der Waals surface area contributed by atoms with Gasteiger partial charge in [0.2, 0.25) is 0 Å². The molecule has 0 radical (unpaired) electrons. The summed E-state index contributed by atoms with van der Waals surface area (Å²) in [7, 11) is 1.13. The van der Waals surface area contributed by atoms with Gasteiger partial charge < -0.3 is 24.9 Å². The maximum absolute atomic E-state index is 14.5. The van der Waals surface area contributed by atoms with Crippen LogP contribution in [0.15, 0.2) is 34.8 Å². The molecule has 202 valence electrons. The number of hydrogen-bond donors (Lipinski definition) is 2. The topological polar surface area (TPSA) is 111 Å². The smallest absolute Gasteiger partial charge is 0.430 e. The summed E-state index contributed by atoms with van der Waals surface area (Å²) in [4.78, 5) is 5.58. The van der Waals surface area contributed by atoms with Gasteiger partial charge in [0.1, 0.15) is 17.1 Å². The number of nitrogen functional groups attached to an aromatic ring is 1.